The second kappa shape index (κ2) is 23.7. The molecule has 0 bridgehead atoms. The SMILES string of the molecule is CCn1ncc(C(O)c2c(F)cnn2-c2ccc(F)cc2CO)c1Br.CCn1ncc(C(O)c2c(F)cnn2-c2ccc(F)cc2COc2cc(Br)cnc2[N+](=O)[O-])c1Br.O=[N+]([O-])c1ncc(Br)cc1F. The predicted molar refractivity (Wildman–Crippen MR) is 254 cm³/mol. The molecule has 0 radical (unpaired) electrons. The number of hydrogen-bond acceptors (Lipinski definition) is 14. The lowest BCUT2D eigenvalue weighted by Crippen LogP contribution is -2.13. The summed E-state index contributed by atoms with van der Waals surface area (Å²) >= 11 is 12.8. The predicted octanol–water partition coefficient (Wildman–Crippen LogP) is 9.45. The molecule has 2 atom stereocenters. The maximum absolute atomic E-state index is 14.8. The number of hydrogen-bond donors (Lipinski definition) is 3. The quantitative estimate of drug-likeness (QED) is 0.0521. The molecule has 2 unspecified atom stereocenters. The highest BCUT2D eigenvalue weighted by atomic mass is 79.9. The summed E-state index contributed by atoms with van der Waals surface area (Å²) in [5, 5.41) is 68.7. The number of pyridine rings is 2. The first-order valence-corrected chi connectivity index (χ1v) is 23.3. The van der Waals surface area contributed by atoms with Crippen molar-refractivity contribution < 1.29 is 51.9 Å². The highest BCUT2D eigenvalue weighted by molar-refractivity contribution is 9.11. The summed E-state index contributed by atoms with van der Waals surface area (Å²) in [4.78, 5) is 26.7. The molecule has 29 heteroatoms. The average Bonchev–Trinajstić information content (AvgIpc) is 4.12. The second-order valence-electron chi connectivity index (χ2n) is 14.2. The molecule has 6 heterocycles. The molecule has 0 fully saturated rings. The lowest BCUT2D eigenvalue weighted by Gasteiger charge is -2.16. The first kappa shape index (κ1) is 54.0. The molecule has 0 aliphatic carbocycles. The van der Waals surface area contributed by atoms with Crippen molar-refractivity contribution in [3.05, 3.63) is 187 Å². The maximum atomic E-state index is 14.8. The number of aromatic nitrogens is 10. The van der Waals surface area contributed by atoms with Crippen LogP contribution in [-0.4, -0.2) is 74.3 Å². The summed E-state index contributed by atoms with van der Waals surface area (Å²) < 4.78 is 82.1. The van der Waals surface area contributed by atoms with Gasteiger partial charge in [-0.25, -0.2) is 26.9 Å². The van der Waals surface area contributed by atoms with Gasteiger partial charge in [-0.2, -0.15) is 24.8 Å². The molecule has 3 N–H and O–H groups in total. The van der Waals surface area contributed by atoms with Crippen LogP contribution in [0.5, 0.6) is 5.75 Å². The van der Waals surface area contributed by atoms with Crippen molar-refractivity contribution in [2.45, 2.75) is 52.4 Å². The zero-order chi connectivity index (χ0) is 51.8. The highest BCUT2D eigenvalue weighted by Crippen LogP contribution is 2.35. The lowest BCUT2D eigenvalue weighted by molar-refractivity contribution is -0.392. The first-order valence-electron chi connectivity index (χ1n) is 20.1. The van der Waals surface area contributed by atoms with Gasteiger partial charge in [0.15, 0.2) is 24.0 Å². The number of benzene rings is 2. The molecule has 71 heavy (non-hydrogen) atoms. The van der Waals surface area contributed by atoms with E-state index in [-0.39, 0.29) is 46.2 Å². The van der Waals surface area contributed by atoms with E-state index in [0.29, 0.717) is 42.4 Å². The van der Waals surface area contributed by atoms with Gasteiger partial charge >= 0.3 is 11.6 Å². The van der Waals surface area contributed by atoms with Crippen molar-refractivity contribution in [3.8, 4) is 17.1 Å². The second-order valence-corrected chi connectivity index (χ2v) is 17.6. The van der Waals surface area contributed by atoms with Crippen LogP contribution in [0.2, 0.25) is 0 Å². The summed E-state index contributed by atoms with van der Waals surface area (Å²) in [6.45, 7) is 4.04. The van der Waals surface area contributed by atoms with Gasteiger partial charge in [-0.1, -0.05) is 0 Å². The Morgan fingerprint density at radius 1 is 0.620 bits per heavy atom. The van der Waals surface area contributed by atoms with Gasteiger partial charge in [0.1, 0.15) is 51.0 Å². The Balaban J connectivity index is 0.000000198. The largest absolute Gasteiger partial charge is 0.481 e. The van der Waals surface area contributed by atoms with Crippen LogP contribution in [0.3, 0.4) is 0 Å². The van der Waals surface area contributed by atoms with E-state index in [2.05, 4.69) is 94.1 Å². The zero-order valence-corrected chi connectivity index (χ0v) is 42.6. The van der Waals surface area contributed by atoms with E-state index in [9.17, 15) is 57.5 Å². The fourth-order valence-electron chi connectivity index (χ4n) is 6.54. The summed E-state index contributed by atoms with van der Waals surface area (Å²) in [5.41, 5.74) is 1.24. The van der Waals surface area contributed by atoms with Crippen LogP contribution in [0, 0.1) is 49.3 Å². The molecule has 2 aromatic carbocycles. The maximum Gasteiger partial charge on any atom is 0.406 e. The van der Waals surface area contributed by atoms with Gasteiger partial charge in [-0.3, -0.25) is 9.36 Å². The van der Waals surface area contributed by atoms with Crippen LogP contribution in [0.1, 0.15) is 59.7 Å². The Labute approximate surface area is 430 Å². The molecule has 0 aliphatic rings. The smallest absolute Gasteiger partial charge is 0.406 e. The van der Waals surface area contributed by atoms with Gasteiger partial charge in [0.25, 0.3) is 0 Å². The molecule has 0 amide bonds. The third-order valence-electron chi connectivity index (χ3n) is 9.85. The fraction of sp³-hybridized carbons (Fsp3) is 0.190. The van der Waals surface area contributed by atoms with E-state index in [1.165, 1.54) is 49.1 Å². The van der Waals surface area contributed by atoms with Crippen LogP contribution >= 0.6 is 63.7 Å². The summed E-state index contributed by atoms with van der Waals surface area (Å²) in [7, 11) is 0. The molecule has 20 nitrogen and oxygen atoms in total. The van der Waals surface area contributed by atoms with Gasteiger partial charge in [-0.05, 0) is 134 Å². The van der Waals surface area contributed by atoms with Crippen molar-refractivity contribution in [1.29, 1.82) is 0 Å². The highest BCUT2D eigenvalue weighted by Gasteiger charge is 2.29. The Morgan fingerprint density at radius 2 is 1.07 bits per heavy atom. The minimum atomic E-state index is -1.46. The van der Waals surface area contributed by atoms with Crippen molar-refractivity contribution in [2.75, 3.05) is 0 Å². The first-order chi connectivity index (χ1) is 33.8. The lowest BCUT2D eigenvalue weighted by atomic mass is 10.1. The van der Waals surface area contributed by atoms with Gasteiger partial charge in [0, 0.05) is 47.5 Å². The van der Waals surface area contributed by atoms with Crippen LogP contribution in [0.25, 0.3) is 11.4 Å². The monoisotopic (exact) mass is 1240 g/mol. The molecular formula is C42H33Br4F5N12O8. The zero-order valence-electron chi connectivity index (χ0n) is 36.2. The summed E-state index contributed by atoms with van der Waals surface area (Å²) in [6, 6.07) is 9.64. The number of aryl methyl sites for hydroxylation is 2. The third-order valence-corrected chi connectivity index (χ3v) is 12.5. The number of aliphatic hydroxyl groups is 3. The van der Waals surface area contributed by atoms with Crippen molar-refractivity contribution >= 4 is 75.4 Å². The standard InChI is InChI=1S/C21H16Br2F2N6O4.C16H15BrF2N4O2.C5H2BrFN2O2/c1-2-29-20(23)14(8-27-29)19(32)18-15(25)9-28-30(18)16-4-3-13(24)5-11(16)10-35-17-6-12(22)7-26-21(17)31(33)34;1-2-22-16(17)11(6-20-22)15(25)14-12(19)7-21-23(14)13-4-3-10(18)5-9(13)8-24;6-3-1-4(7)5(8-2-3)9(10)11/h3-9,19,32H,2,10H2,1H3;3-7,15,24-25H,2,8H2,1H3;1-2H. The molecule has 0 saturated carbocycles. The van der Waals surface area contributed by atoms with Crippen LogP contribution in [-0.2, 0) is 26.3 Å². The van der Waals surface area contributed by atoms with Crippen LogP contribution < -0.4 is 4.74 Å². The van der Waals surface area contributed by atoms with Crippen LogP contribution in [0.15, 0.2) is 104 Å². The van der Waals surface area contributed by atoms with E-state index < -0.39 is 69.4 Å². The van der Waals surface area contributed by atoms with Crippen LogP contribution in [0.4, 0.5) is 33.6 Å². The van der Waals surface area contributed by atoms with Crippen molar-refractivity contribution in [1.82, 2.24) is 49.1 Å². The topological polar surface area (TPSA) is 253 Å². The fourth-order valence-corrected chi connectivity index (χ4v) is 8.48. The van der Waals surface area contributed by atoms with E-state index >= 15 is 0 Å². The molecule has 8 aromatic rings. The van der Waals surface area contributed by atoms with Gasteiger partial charge < -0.3 is 40.3 Å². The van der Waals surface area contributed by atoms with Gasteiger partial charge in [0.05, 0.1) is 51.7 Å². The summed E-state index contributed by atoms with van der Waals surface area (Å²) in [6.07, 6.45) is 4.33. The molecule has 8 rings (SSSR count). The Kier molecular flexibility index (Phi) is 18.0. The Bertz CT molecular complexity index is 3230. The van der Waals surface area contributed by atoms with Gasteiger partial charge in [0.2, 0.25) is 11.6 Å². The normalized spacial score (nSPS) is 11.9. The Hall–Kier alpha value is -6.37. The number of nitrogens with zero attached hydrogens (tertiary/aromatic N) is 12. The minimum Gasteiger partial charge on any atom is -0.481 e. The molecule has 0 spiro atoms. The number of ether oxygens (including phenoxy) is 1. The number of rotatable bonds is 14. The third kappa shape index (κ3) is 12.2. The molecule has 6 aromatic heterocycles. The van der Waals surface area contributed by atoms with Crippen molar-refractivity contribution in [2.24, 2.45) is 0 Å². The molecular weight excluding hydrogens is 1220 g/mol. The molecule has 0 saturated heterocycles. The minimum absolute atomic E-state index is 0.127. The molecule has 0 aliphatic heterocycles. The van der Waals surface area contributed by atoms with Crippen molar-refractivity contribution in [3.63, 3.8) is 0 Å². The van der Waals surface area contributed by atoms with E-state index in [1.807, 2.05) is 13.8 Å². The number of halogens is 9. The van der Waals surface area contributed by atoms with E-state index in [4.69, 9.17) is 4.74 Å². The van der Waals surface area contributed by atoms with E-state index in [1.54, 1.807) is 9.36 Å². The van der Waals surface area contributed by atoms with E-state index in [0.717, 1.165) is 46.0 Å². The average molecular weight is 1250 g/mol. The number of nitro groups is 2. The Morgan fingerprint density at radius 3 is 1.51 bits per heavy atom. The number of aliphatic hydroxyl groups excluding tert-OH is 3. The summed E-state index contributed by atoms with van der Waals surface area (Å²) in [5.74, 6) is -5.04. The molecule has 372 valence electrons. The van der Waals surface area contributed by atoms with Gasteiger partial charge in [-0.15, -0.1) is 0 Å².